The summed E-state index contributed by atoms with van der Waals surface area (Å²) in [6, 6.07) is -0.580. The molecule has 0 fully saturated rings. The predicted octanol–water partition coefficient (Wildman–Crippen LogP) is -1.70. The lowest BCUT2D eigenvalue weighted by atomic mass is 10.2. The average molecular weight is 349 g/mol. The average Bonchev–Trinajstić information content (AvgIpc) is 2.55. The number of nitrogens with two attached hydrogens (primary N) is 1. The standard InChI is InChI=1S/C15H31N3O6/c1-13(16)14(19)11-24-12-15(20)18-4-6-22-8-10-23-9-7-21-5-3-17-2/h13,17H,3-12,16H2,1-2H3,(H,18,20). The van der Waals surface area contributed by atoms with Crippen molar-refractivity contribution in [1.29, 1.82) is 0 Å². The Hall–Kier alpha value is -1.10. The third kappa shape index (κ3) is 15.8. The van der Waals surface area contributed by atoms with Gasteiger partial charge in [-0.25, -0.2) is 0 Å². The molecule has 0 aromatic carbocycles. The maximum absolute atomic E-state index is 11.4. The first-order valence-corrected chi connectivity index (χ1v) is 8.08. The van der Waals surface area contributed by atoms with E-state index in [1.165, 1.54) is 0 Å². The molecule has 24 heavy (non-hydrogen) atoms. The van der Waals surface area contributed by atoms with Crippen LogP contribution >= 0.6 is 0 Å². The minimum atomic E-state index is -0.580. The number of rotatable bonds is 17. The van der Waals surface area contributed by atoms with Gasteiger partial charge in [0.2, 0.25) is 5.91 Å². The maximum atomic E-state index is 11.4. The molecule has 0 aliphatic rings. The second-order valence-corrected chi connectivity index (χ2v) is 5.04. The molecular formula is C15H31N3O6. The van der Waals surface area contributed by atoms with Crippen molar-refractivity contribution >= 4 is 11.7 Å². The molecule has 142 valence electrons. The second kappa shape index (κ2) is 16.7. The van der Waals surface area contributed by atoms with E-state index in [0.717, 1.165) is 6.54 Å². The van der Waals surface area contributed by atoms with Gasteiger partial charge in [-0.15, -0.1) is 0 Å². The fourth-order valence-electron chi connectivity index (χ4n) is 1.41. The number of likely N-dealkylation sites (N-methyl/N-ethyl adjacent to an activating group) is 1. The van der Waals surface area contributed by atoms with Crippen LogP contribution in [0.3, 0.4) is 0 Å². The smallest absolute Gasteiger partial charge is 0.246 e. The lowest BCUT2D eigenvalue weighted by molar-refractivity contribution is -0.130. The quantitative estimate of drug-likeness (QED) is 0.266. The third-order valence-electron chi connectivity index (χ3n) is 2.79. The zero-order chi connectivity index (χ0) is 18.0. The Morgan fingerprint density at radius 3 is 1.96 bits per heavy atom. The Labute approximate surface area is 143 Å². The van der Waals surface area contributed by atoms with Gasteiger partial charge in [-0.05, 0) is 14.0 Å². The molecule has 0 heterocycles. The zero-order valence-electron chi connectivity index (χ0n) is 14.7. The fraction of sp³-hybridized carbons (Fsp3) is 0.867. The molecule has 0 saturated heterocycles. The van der Waals surface area contributed by atoms with Gasteiger partial charge in [-0.1, -0.05) is 0 Å². The first kappa shape index (κ1) is 22.9. The van der Waals surface area contributed by atoms with Crippen molar-refractivity contribution in [2.24, 2.45) is 5.73 Å². The SMILES string of the molecule is CNCCOCCOCCOCCNC(=O)COCC(=O)C(C)N. The van der Waals surface area contributed by atoms with Gasteiger partial charge in [0.25, 0.3) is 0 Å². The van der Waals surface area contributed by atoms with Crippen LogP contribution in [0, 0.1) is 0 Å². The van der Waals surface area contributed by atoms with Gasteiger partial charge in [0.05, 0.1) is 45.7 Å². The number of ether oxygens (including phenoxy) is 4. The minimum Gasteiger partial charge on any atom is -0.378 e. The molecular weight excluding hydrogens is 318 g/mol. The van der Waals surface area contributed by atoms with Gasteiger partial charge >= 0.3 is 0 Å². The summed E-state index contributed by atoms with van der Waals surface area (Å²) >= 11 is 0. The van der Waals surface area contributed by atoms with Crippen molar-refractivity contribution in [2.75, 3.05) is 73.0 Å². The molecule has 0 saturated carbocycles. The summed E-state index contributed by atoms with van der Waals surface area (Å²) in [5, 5.41) is 5.60. The number of nitrogens with one attached hydrogen (secondary N) is 2. The highest BCUT2D eigenvalue weighted by atomic mass is 16.5. The monoisotopic (exact) mass is 349 g/mol. The second-order valence-electron chi connectivity index (χ2n) is 5.04. The topological polar surface area (TPSA) is 121 Å². The van der Waals surface area contributed by atoms with Crippen LogP contribution in [-0.2, 0) is 28.5 Å². The lowest BCUT2D eigenvalue weighted by Gasteiger charge is -2.08. The van der Waals surface area contributed by atoms with Crippen molar-refractivity contribution in [1.82, 2.24) is 10.6 Å². The van der Waals surface area contributed by atoms with E-state index >= 15 is 0 Å². The van der Waals surface area contributed by atoms with Crippen molar-refractivity contribution in [2.45, 2.75) is 13.0 Å². The number of ketones is 1. The number of Topliss-reactive ketones (excluding diaryl/α,β-unsaturated/α-hetero) is 1. The third-order valence-corrected chi connectivity index (χ3v) is 2.79. The first-order chi connectivity index (χ1) is 11.6. The molecule has 9 nitrogen and oxygen atoms in total. The highest BCUT2D eigenvalue weighted by Crippen LogP contribution is 1.84. The molecule has 0 aromatic heterocycles. The Balaban J connectivity index is 3.23. The van der Waals surface area contributed by atoms with Crippen LogP contribution in [0.4, 0.5) is 0 Å². The van der Waals surface area contributed by atoms with Crippen LogP contribution < -0.4 is 16.4 Å². The van der Waals surface area contributed by atoms with Gasteiger partial charge in [-0.2, -0.15) is 0 Å². The van der Waals surface area contributed by atoms with Crippen LogP contribution in [0.15, 0.2) is 0 Å². The lowest BCUT2D eigenvalue weighted by Crippen LogP contribution is -2.34. The molecule has 0 aromatic rings. The molecule has 0 aliphatic carbocycles. The van der Waals surface area contributed by atoms with Gasteiger partial charge in [0.15, 0.2) is 5.78 Å². The van der Waals surface area contributed by atoms with Crippen molar-refractivity contribution < 1.29 is 28.5 Å². The van der Waals surface area contributed by atoms with Crippen LogP contribution in [-0.4, -0.2) is 90.7 Å². The van der Waals surface area contributed by atoms with E-state index in [1.54, 1.807) is 6.92 Å². The molecule has 0 bridgehead atoms. The number of carbonyl (C=O) groups excluding carboxylic acids is 2. The first-order valence-electron chi connectivity index (χ1n) is 8.08. The Morgan fingerprint density at radius 2 is 1.42 bits per heavy atom. The largest absolute Gasteiger partial charge is 0.378 e. The molecule has 0 aliphatic heterocycles. The van der Waals surface area contributed by atoms with Crippen molar-refractivity contribution in [3.8, 4) is 0 Å². The van der Waals surface area contributed by atoms with E-state index in [1.807, 2.05) is 7.05 Å². The number of hydrogen-bond donors (Lipinski definition) is 3. The molecule has 0 radical (unpaired) electrons. The molecule has 0 spiro atoms. The van der Waals surface area contributed by atoms with Crippen molar-refractivity contribution in [3.63, 3.8) is 0 Å². The van der Waals surface area contributed by atoms with E-state index in [2.05, 4.69) is 10.6 Å². The maximum Gasteiger partial charge on any atom is 0.246 e. The summed E-state index contributed by atoms with van der Waals surface area (Å²) in [4.78, 5) is 22.6. The van der Waals surface area contributed by atoms with E-state index in [-0.39, 0.29) is 24.9 Å². The molecule has 4 N–H and O–H groups in total. The summed E-state index contributed by atoms with van der Waals surface area (Å²) in [5.41, 5.74) is 5.37. The minimum absolute atomic E-state index is 0.155. The van der Waals surface area contributed by atoms with E-state index in [0.29, 0.717) is 46.2 Å². The Bertz CT molecular complexity index is 328. The fourth-order valence-corrected chi connectivity index (χ4v) is 1.41. The summed E-state index contributed by atoms with van der Waals surface area (Å²) in [6.07, 6.45) is 0. The number of carbonyl (C=O) groups is 2. The van der Waals surface area contributed by atoms with Gasteiger partial charge in [0.1, 0.15) is 13.2 Å². The highest BCUT2D eigenvalue weighted by Gasteiger charge is 2.08. The van der Waals surface area contributed by atoms with Crippen LogP contribution in [0.1, 0.15) is 6.92 Å². The van der Waals surface area contributed by atoms with E-state index < -0.39 is 6.04 Å². The summed E-state index contributed by atoms with van der Waals surface area (Å²) in [7, 11) is 1.87. The van der Waals surface area contributed by atoms with Crippen LogP contribution in [0.2, 0.25) is 0 Å². The summed E-state index contributed by atoms with van der Waals surface area (Å²) in [6.45, 7) is 5.50. The highest BCUT2D eigenvalue weighted by molar-refractivity contribution is 5.85. The zero-order valence-corrected chi connectivity index (χ0v) is 14.7. The van der Waals surface area contributed by atoms with Gasteiger partial charge in [-0.3, -0.25) is 9.59 Å². The number of hydrogen-bond acceptors (Lipinski definition) is 8. The van der Waals surface area contributed by atoms with Crippen molar-refractivity contribution in [3.05, 3.63) is 0 Å². The molecule has 9 heteroatoms. The summed E-state index contributed by atoms with van der Waals surface area (Å²) in [5.74, 6) is -0.537. The predicted molar refractivity (Wildman–Crippen MR) is 88.9 cm³/mol. The molecule has 1 amide bonds. The Kier molecular flexibility index (Phi) is 16.0. The van der Waals surface area contributed by atoms with Crippen LogP contribution in [0.5, 0.6) is 0 Å². The number of amides is 1. The molecule has 1 atom stereocenters. The van der Waals surface area contributed by atoms with Crippen LogP contribution in [0.25, 0.3) is 0 Å². The molecule has 1 unspecified atom stereocenters. The van der Waals surface area contributed by atoms with E-state index in [4.69, 9.17) is 24.7 Å². The molecule has 0 rings (SSSR count). The van der Waals surface area contributed by atoms with E-state index in [9.17, 15) is 9.59 Å². The Morgan fingerprint density at radius 1 is 0.875 bits per heavy atom. The normalized spacial score (nSPS) is 12.1. The van der Waals surface area contributed by atoms with Gasteiger partial charge < -0.3 is 35.3 Å². The van der Waals surface area contributed by atoms with Gasteiger partial charge in [0, 0.05) is 13.1 Å². The summed E-state index contributed by atoms with van der Waals surface area (Å²) < 4.78 is 20.9.